The van der Waals surface area contributed by atoms with Crippen molar-refractivity contribution in [3.05, 3.63) is 59.2 Å². The van der Waals surface area contributed by atoms with Crippen LogP contribution >= 0.6 is 0 Å². The van der Waals surface area contributed by atoms with Crippen molar-refractivity contribution in [2.24, 2.45) is 0 Å². The van der Waals surface area contributed by atoms with Gasteiger partial charge in [-0.25, -0.2) is 13.1 Å². The van der Waals surface area contributed by atoms with Gasteiger partial charge in [-0.2, -0.15) is 5.26 Å². The SMILES string of the molecule is COCCOc1ccc(S(=O)(=O)NC(C)c2ccc(C#N)cc2)cc1C. The van der Waals surface area contributed by atoms with Gasteiger partial charge >= 0.3 is 0 Å². The number of benzene rings is 2. The van der Waals surface area contributed by atoms with Crippen LogP contribution < -0.4 is 9.46 Å². The lowest BCUT2D eigenvalue weighted by atomic mass is 10.1. The summed E-state index contributed by atoms with van der Waals surface area (Å²) in [6, 6.07) is 13.2. The fourth-order valence-corrected chi connectivity index (χ4v) is 3.72. The first-order chi connectivity index (χ1) is 12.4. The standard InChI is InChI=1S/C19H22N2O4S/c1-14-12-18(8-9-19(14)25-11-10-24-3)26(22,23)21-15(2)17-6-4-16(13-20)5-7-17/h4-9,12,15,21H,10-11H2,1-3H3. The lowest BCUT2D eigenvalue weighted by Gasteiger charge is -2.16. The Kier molecular flexibility index (Phi) is 6.75. The van der Waals surface area contributed by atoms with Crippen molar-refractivity contribution in [3.63, 3.8) is 0 Å². The highest BCUT2D eigenvalue weighted by Gasteiger charge is 2.19. The van der Waals surface area contributed by atoms with Crippen LogP contribution in [0.2, 0.25) is 0 Å². The van der Waals surface area contributed by atoms with Crippen LogP contribution in [0.5, 0.6) is 5.75 Å². The highest BCUT2D eigenvalue weighted by atomic mass is 32.2. The maximum absolute atomic E-state index is 12.6. The summed E-state index contributed by atoms with van der Waals surface area (Å²) in [5, 5.41) is 8.84. The summed E-state index contributed by atoms with van der Waals surface area (Å²) in [6.45, 7) is 4.42. The zero-order valence-electron chi connectivity index (χ0n) is 15.0. The first kappa shape index (κ1) is 19.9. The van der Waals surface area contributed by atoms with E-state index in [1.54, 1.807) is 57.4 Å². The molecule has 0 aromatic heterocycles. The van der Waals surface area contributed by atoms with Gasteiger partial charge in [-0.15, -0.1) is 0 Å². The Morgan fingerprint density at radius 2 is 1.85 bits per heavy atom. The molecule has 0 amide bonds. The van der Waals surface area contributed by atoms with Crippen molar-refractivity contribution in [3.8, 4) is 11.8 Å². The van der Waals surface area contributed by atoms with E-state index in [4.69, 9.17) is 14.7 Å². The topological polar surface area (TPSA) is 88.4 Å². The molecule has 0 fully saturated rings. The second kappa shape index (κ2) is 8.81. The number of hydrogen-bond donors (Lipinski definition) is 1. The molecule has 0 aliphatic heterocycles. The van der Waals surface area contributed by atoms with Crippen LogP contribution in [-0.4, -0.2) is 28.7 Å². The molecule has 2 rings (SSSR count). The Morgan fingerprint density at radius 1 is 1.15 bits per heavy atom. The van der Waals surface area contributed by atoms with Gasteiger partial charge in [0.2, 0.25) is 10.0 Å². The van der Waals surface area contributed by atoms with E-state index in [9.17, 15) is 8.42 Å². The molecule has 1 atom stereocenters. The Bertz CT molecular complexity index is 887. The summed E-state index contributed by atoms with van der Waals surface area (Å²) in [5.41, 5.74) is 2.04. The van der Waals surface area contributed by atoms with Gasteiger partial charge in [-0.05, 0) is 55.3 Å². The van der Waals surface area contributed by atoms with Crippen LogP contribution in [0.25, 0.3) is 0 Å². The van der Waals surface area contributed by atoms with E-state index in [0.717, 1.165) is 11.1 Å². The molecule has 2 aromatic carbocycles. The molecule has 0 heterocycles. The molecule has 0 saturated heterocycles. The number of sulfonamides is 1. The maximum Gasteiger partial charge on any atom is 0.241 e. The second-order valence-electron chi connectivity index (χ2n) is 5.85. The van der Waals surface area contributed by atoms with Crippen LogP contribution in [0.4, 0.5) is 0 Å². The quantitative estimate of drug-likeness (QED) is 0.718. The number of methoxy groups -OCH3 is 1. The van der Waals surface area contributed by atoms with Crippen molar-refractivity contribution in [1.82, 2.24) is 4.72 Å². The van der Waals surface area contributed by atoms with Gasteiger partial charge in [0.1, 0.15) is 12.4 Å². The van der Waals surface area contributed by atoms with Crippen LogP contribution in [0, 0.1) is 18.3 Å². The number of aryl methyl sites for hydroxylation is 1. The molecule has 0 saturated carbocycles. The molecule has 1 N–H and O–H groups in total. The van der Waals surface area contributed by atoms with Gasteiger partial charge in [0.05, 0.1) is 23.1 Å². The first-order valence-corrected chi connectivity index (χ1v) is 9.60. The third kappa shape index (κ3) is 5.05. The average Bonchev–Trinajstić information content (AvgIpc) is 2.62. The minimum Gasteiger partial charge on any atom is -0.491 e. The minimum absolute atomic E-state index is 0.176. The molecule has 1 unspecified atom stereocenters. The van der Waals surface area contributed by atoms with E-state index in [1.165, 1.54) is 6.07 Å². The predicted molar refractivity (Wildman–Crippen MR) is 98.4 cm³/mol. The summed E-state index contributed by atoms with van der Waals surface area (Å²) >= 11 is 0. The molecule has 0 bridgehead atoms. The molecule has 0 spiro atoms. The summed E-state index contributed by atoms with van der Waals surface area (Å²) in [7, 11) is -2.09. The predicted octanol–water partition coefficient (Wildman–Crippen LogP) is 2.93. The lowest BCUT2D eigenvalue weighted by molar-refractivity contribution is 0.146. The molecular formula is C19H22N2O4S. The van der Waals surface area contributed by atoms with Crippen LogP contribution in [0.1, 0.15) is 29.7 Å². The molecule has 0 radical (unpaired) electrons. The third-order valence-electron chi connectivity index (χ3n) is 3.87. The van der Waals surface area contributed by atoms with Gasteiger partial charge in [-0.3, -0.25) is 0 Å². The molecule has 26 heavy (non-hydrogen) atoms. The van der Waals surface area contributed by atoms with E-state index in [-0.39, 0.29) is 4.90 Å². The maximum atomic E-state index is 12.6. The Balaban J connectivity index is 2.13. The summed E-state index contributed by atoms with van der Waals surface area (Å²) in [6.07, 6.45) is 0. The highest BCUT2D eigenvalue weighted by Crippen LogP contribution is 2.23. The zero-order chi connectivity index (χ0) is 19.2. The average molecular weight is 374 g/mol. The summed E-state index contributed by atoms with van der Waals surface area (Å²) < 4.78 is 38.4. The smallest absolute Gasteiger partial charge is 0.241 e. The van der Waals surface area contributed by atoms with Crippen molar-refractivity contribution >= 4 is 10.0 Å². The molecular weight excluding hydrogens is 352 g/mol. The Labute approximate surface area is 154 Å². The molecule has 0 aliphatic carbocycles. The van der Waals surface area contributed by atoms with Crippen LogP contribution in [0.3, 0.4) is 0 Å². The van der Waals surface area contributed by atoms with Gasteiger partial charge in [0.25, 0.3) is 0 Å². The molecule has 2 aromatic rings. The number of nitrogens with one attached hydrogen (secondary N) is 1. The Hall–Kier alpha value is -2.40. The van der Waals surface area contributed by atoms with E-state index in [0.29, 0.717) is 24.5 Å². The fraction of sp³-hybridized carbons (Fsp3) is 0.316. The number of nitriles is 1. The number of nitrogens with zero attached hydrogens (tertiary/aromatic N) is 1. The van der Waals surface area contributed by atoms with Crippen molar-refractivity contribution in [1.29, 1.82) is 5.26 Å². The second-order valence-corrected chi connectivity index (χ2v) is 7.56. The van der Waals surface area contributed by atoms with Crippen molar-refractivity contribution in [2.75, 3.05) is 20.3 Å². The number of rotatable bonds is 8. The van der Waals surface area contributed by atoms with Gasteiger partial charge in [-0.1, -0.05) is 12.1 Å². The summed E-state index contributed by atoms with van der Waals surface area (Å²) in [5.74, 6) is 0.626. The third-order valence-corrected chi connectivity index (χ3v) is 5.41. The number of hydrogen-bond acceptors (Lipinski definition) is 5. The van der Waals surface area contributed by atoms with Gasteiger partial charge in [0, 0.05) is 13.2 Å². The normalized spacial score (nSPS) is 12.4. The zero-order valence-corrected chi connectivity index (χ0v) is 15.8. The highest BCUT2D eigenvalue weighted by molar-refractivity contribution is 7.89. The number of ether oxygens (including phenoxy) is 2. The molecule has 138 valence electrons. The van der Waals surface area contributed by atoms with Crippen molar-refractivity contribution in [2.45, 2.75) is 24.8 Å². The van der Waals surface area contributed by atoms with Crippen LogP contribution in [0.15, 0.2) is 47.4 Å². The van der Waals surface area contributed by atoms with Gasteiger partial charge in [0.15, 0.2) is 0 Å². The largest absolute Gasteiger partial charge is 0.491 e. The monoisotopic (exact) mass is 374 g/mol. The van der Waals surface area contributed by atoms with Gasteiger partial charge < -0.3 is 9.47 Å². The van der Waals surface area contributed by atoms with Crippen LogP contribution in [-0.2, 0) is 14.8 Å². The molecule has 0 aliphatic rings. The Morgan fingerprint density at radius 3 is 2.42 bits per heavy atom. The molecule has 6 nitrogen and oxygen atoms in total. The van der Waals surface area contributed by atoms with E-state index in [2.05, 4.69) is 4.72 Å². The molecule has 7 heteroatoms. The van der Waals surface area contributed by atoms with E-state index < -0.39 is 16.1 Å². The minimum atomic E-state index is -3.68. The van der Waals surface area contributed by atoms with E-state index in [1.807, 2.05) is 6.07 Å². The van der Waals surface area contributed by atoms with E-state index >= 15 is 0 Å². The lowest BCUT2D eigenvalue weighted by Crippen LogP contribution is -2.27. The fourth-order valence-electron chi connectivity index (χ4n) is 2.40. The van der Waals surface area contributed by atoms with Crippen molar-refractivity contribution < 1.29 is 17.9 Å². The first-order valence-electron chi connectivity index (χ1n) is 8.12. The summed E-state index contributed by atoms with van der Waals surface area (Å²) in [4.78, 5) is 0.176.